The summed E-state index contributed by atoms with van der Waals surface area (Å²) in [4.78, 5) is 13.2. The molecule has 0 amide bonds. The first-order valence-electron chi connectivity index (χ1n) is 9.95. The Morgan fingerprint density at radius 2 is 1.29 bits per heavy atom. The molecule has 3 aromatic carbocycles. The molecule has 0 heterocycles. The Hall–Kier alpha value is -1.95. The number of carbonyl (C=O) groups is 1. The van der Waals surface area contributed by atoms with Gasteiger partial charge in [-0.3, -0.25) is 0 Å². The fourth-order valence-electron chi connectivity index (χ4n) is 3.84. The minimum absolute atomic E-state index is 0.187. The predicted octanol–water partition coefficient (Wildman–Crippen LogP) is 6.06. The third kappa shape index (κ3) is 3.79. The summed E-state index contributed by atoms with van der Waals surface area (Å²) < 4.78 is 0. The van der Waals surface area contributed by atoms with E-state index in [0.29, 0.717) is 6.42 Å². The minimum atomic E-state index is -3.29. The first kappa shape index (κ1) is 20.8. The van der Waals surface area contributed by atoms with E-state index in [1.54, 1.807) is 0 Å². The van der Waals surface area contributed by atoms with Crippen LogP contribution < -0.4 is 15.9 Å². The van der Waals surface area contributed by atoms with Crippen LogP contribution in [0.15, 0.2) is 84.9 Å². The van der Waals surface area contributed by atoms with Gasteiger partial charge < -0.3 is 0 Å². The second kappa shape index (κ2) is 8.60. The summed E-state index contributed by atoms with van der Waals surface area (Å²) >= 11 is 7.76. The molecular formula is C25H28ClOP. The van der Waals surface area contributed by atoms with Gasteiger partial charge >= 0.3 is 173 Å². The Morgan fingerprint density at radius 1 is 0.786 bits per heavy atom. The number of ketones is 1. The molecule has 0 unspecified atom stereocenters. The fraction of sp³-hybridized carbons (Fsp3) is 0.240. The third-order valence-electron chi connectivity index (χ3n) is 5.53. The Labute approximate surface area is 173 Å². The van der Waals surface area contributed by atoms with Crippen LogP contribution in [0, 0.1) is 0 Å². The van der Waals surface area contributed by atoms with E-state index < -0.39 is 5.96 Å². The Morgan fingerprint density at radius 3 is 1.82 bits per heavy atom. The van der Waals surface area contributed by atoms with Crippen molar-refractivity contribution in [1.29, 1.82) is 0 Å². The maximum atomic E-state index is 13.2. The number of hydrogen-bond acceptors (Lipinski definition) is 1. The molecule has 1 nitrogen and oxygen atoms in total. The van der Waals surface area contributed by atoms with Crippen LogP contribution in [0.25, 0.3) is 0 Å². The summed E-state index contributed by atoms with van der Waals surface area (Å²) in [5, 5.41) is 3.12. The van der Waals surface area contributed by atoms with E-state index in [4.69, 9.17) is 11.2 Å². The summed E-state index contributed by atoms with van der Waals surface area (Å²) in [6.45, 7) is 4.30. The van der Waals surface area contributed by atoms with Gasteiger partial charge in [0.15, 0.2) is 0 Å². The van der Waals surface area contributed by atoms with Crippen LogP contribution in [-0.4, -0.2) is 12.4 Å². The van der Waals surface area contributed by atoms with Gasteiger partial charge in [0.05, 0.1) is 0 Å². The molecule has 146 valence electrons. The van der Waals surface area contributed by atoms with E-state index in [1.807, 2.05) is 54.6 Å². The molecule has 0 spiro atoms. The van der Waals surface area contributed by atoms with E-state index in [2.05, 4.69) is 43.9 Å². The molecule has 0 aromatic heterocycles. The van der Waals surface area contributed by atoms with Crippen LogP contribution in [0.1, 0.15) is 43.0 Å². The number of carbonyl (C=O) groups excluding carboxylic acids is 1. The van der Waals surface area contributed by atoms with Crippen LogP contribution in [0.3, 0.4) is 0 Å². The first-order chi connectivity index (χ1) is 13.5. The van der Waals surface area contributed by atoms with E-state index in [-0.39, 0.29) is 5.78 Å². The van der Waals surface area contributed by atoms with Crippen LogP contribution >= 0.6 is 17.2 Å². The van der Waals surface area contributed by atoms with Crippen molar-refractivity contribution in [2.75, 3.05) is 6.66 Å². The fourth-order valence-corrected chi connectivity index (χ4v) is 8.78. The second-order valence-corrected chi connectivity index (χ2v) is 14.4. The molecule has 0 N–H and O–H groups in total. The second-order valence-electron chi connectivity index (χ2n) is 7.50. The maximum absolute atomic E-state index is 13.2. The molecule has 0 radical (unpaired) electrons. The molecule has 0 bridgehead atoms. The molecule has 0 fully saturated rings. The number of rotatable bonds is 8. The van der Waals surface area contributed by atoms with Gasteiger partial charge in [-0.25, -0.2) is 0 Å². The van der Waals surface area contributed by atoms with Crippen molar-refractivity contribution in [3.63, 3.8) is 0 Å². The number of hydrogen-bond donors (Lipinski definition) is 0. The number of Topliss-reactive ketones (excluding diaryl/α,β-unsaturated/α-hetero) is 1. The molecule has 3 heteroatoms. The normalized spacial score (nSPS) is 12.9. The van der Waals surface area contributed by atoms with Crippen molar-refractivity contribution in [2.45, 2.75) is 32.6 Å². The van der Waals surface area contributed by atoms with Crippen molar-refractivity contribution < 1.29 is 4.79 Å². The zero-order valence-corrected chi connectivity index (χ0v) is 18.3. The molecule has 0 aliphatic carbocycles. The predicted molar refractivity (Wildman–Crippen MR) is 125 cm³/mol. The topological polar surface area (TPSA) is 17.1 Å². The zero-order chi connectivity index (χ0) is 20.1. The van der Waals surface area contributed by atoms with E-state index >= 15 is 0 Å². The molecule has 0 aliphatic heterocycles. The average molecular weight is 411 g/mol. The van der Waals surface area contributed by atoms with E-state index in [1.165, 1.54) is 0 Å². The van der Waals surface area contributed by atoms with Gasteiger partial charge in [0.25, 0.3) is 0 Å². The summed E-state index contributed by atoms with van der Waals surface area (Å²) in [6.07, 6.45) is 3.66. The molecule has 0 saturated heterocycles. The Kier molecular flexibility index (Phi) is 6.38. The van der Waals surface area contributed by atoms with Crippen LogP contribution in [0.4, 0.5) is 0 Å². The van der Waals surface area contributed by atoms with E-state index in [9.17, 15) is 4.79 Å². The number of unbranched alkanes of at least 4 members (excludes halogenated alkanes) is 2. The van der Waals surface area contributed by atoms with Crippen molar-refractivity contribution in [3.05, 3.63) is 90.5 Å². The molecule has 0 saturated carbocycles. The summed E-state index contributed by atoms with van der Waals surface area (Å²) in [7, 11) is 0. The molecule has 0 atom stereocenters. The summed E-state index contributed by atoms with van der Waals surface area (Å²) in [5.41, 5.74) is 0.765. The van der Waals surface area contributed by atoms with Gasteiger partial charge in [-0.15, -0.1) is 0 Å². The molecule has 3 rings (SSSR count). The SMILES string of the molecule is CCCCCC(=O)c1ccccc1P(C)(Cl)(c1ccccc1)c1ccccc1. The van der Waals surface area contributed by atoms with Gasteiger partial charge in [-0.1, -0.05) is 0 Å². The standard InChI is InChI=1S/C25H28ClOP/c1-3-4-7-19-24(27)23-18-12-13-20-25(23)28(2,26,21-14-8-5-9-15-21)22-16-10-6-11-17-22/h5-6,8-18,20H,3-4,7,19H2,1-2H3. The van der Waals surface area contributed by atoms with Crippen LogP contribution in [0.2, 0.25) is 0 Å². The molecular weight excluding hydrogens is 383 g/mol. The average Bonchev–Trinajstić information content (AvgIpc) is 2.75. The van der Waals surface area contributed by atoms with E-state index in [0.717, 1.165) is 40.7 Å². The number of halogens is 1. The van der Waals surface area contributed by atoms with Crippen molar-refractivity contribution in [3.8, 4) is 0 Å². The molecule has 3 aromatic rings. The van der Waals surface area contributed by atoms with Crippen LogP contribution in [0.5, 0.6) is 0 Å². The quantitative estimate of drug-likeness (QED) is 0.250. The van der Waals surface area contributed by atoms with Crippen molar-refractivity contribution >= 4 is 38.9 Å². The van der Waals surface area contributed by atoms with Crippen LogP contribution in [-0.2, 0) is 0 Å². The monoisotopic (exact) mass is 410 g/mol. The third-order valence-corrected chi connectivity index (χ3v) is 11.8. The van der Waals surface area contributed by atoms with Crippen molar-refractivity contribution in [2.24, 2.45) is 0 Å². The Bertz CT molecular complexity index is 892. The molecule has 0 aliphatic rings. The van der Waals surface area contributed by atoms with Gasteiger partial charge in [0, 0.05) is 0 Å². The summed E-state index contributed by atoms with van der Waals surface area (Å²) in [6, 6.07) is 28.4. The van der Waals surface area contributed by atoms with Gasteiger partial charge in [-0.2, -0.15) is 0 Å². The zero-order valence-electron chi connectivity index (χ0n) is 16.6. The van der Waals surface area contributed by atoms with Gasteiger partial charge in [-0.05, 0) is 0 Å². The number of benzene rings is 3. The van der Waals surface area contributed by atoms with Crippen molar-refractivity contribution in [1.82, 2.24) is 0 Å². The van der Waals surface area contributed by atoms with Gasteiger partial charge in [0.2, 0.25) is 0 Å². The first-order valence-corrected chi connectivity index (χ1v) is 13.5. The van der Waals surface area contributed by atoms with Gasteiger partial charge in [0.1, 0.15) is 0 Å². The molecule has 28 heavy (non-hydrogen) atoms. The summed E-state index contributed by atoms with van der Waals surface area (Å²) in [5.74, 6) is -3.10. The Balaban J connectivity index is 2.23.